The summed E-state index contributed by atoms with van der Waals surface area (Å²) in [6.07, 6.45) is -14.5. The number of hydrogen-bond acceptors (Lipinski definition) is 17. The van der Waals surface area contributed by atoms with E-state index in [4.69, 9.17) is 42.9 Å². The molecule has 16 unspecified atom stereocenters. The Morgan fingerprint density at radius 3 is 2.23 bits per heavy atom. The van der Waals surface area contributed by atoms with Gasteiger partial charge in [-0.3, -0.25) is 4.79 Å². The summed E-state index contributed by atoms with van der Waals surface area (Å²) in [7, 11) is 0. The van der Waals surface area contributed by atoms with Gasteiger partial charge in [0.15, 0.2) is 6.29 Å². The lowest BCUT2D eigenvalue weighted by Crippen LogP contribution is -2.72. The molecular formula is C25H51N7O11. The molecule has 3 rings (SSSR count). The highest BCUT2D eigenvalue weighted by atomic mass is 16.7. The summed E-state index contributed by atoms with van der Waals surface area (Å²) in [5.74, 6) is -1.79. The molecule has 3 fully saturated rings. The van der Waals surface area contributed by atoms with Gasteiger partial charge in [0.1, 0.15) is 42.7 Å². The molecule has 18 nitrogen and oxygen atoms in total. The summed E-state index contributed by atoms with van der Waals surface area (Å²) < 4.78 is 17.7. The number of carbonyl (C=O) groups excluding carboxylic acids is 1. The van der Waals surface area contributed by atoms with Crippen LogP contribution in [0.5, 0.6) is 0 Å². The van der Waals surface area contributed by atoms with Gasteiger partial charge in [-0.05, 0) is 38.9 Å². The van der Waals surface area contributed by atoms with Crippen molar-refractivity contribution < 1.29 is 54.8 Å². The molecule has 43 heavy (non-hydrogen) atoms. The molecule has 1 saturated carbocycles. The highest BCUT2D eigenvalue weighted by molar-refractivity contribution is 5.80. The molecule has 0 aromatic rings. The smallest absolute Gasteiger partial charge is 0.249 e. The third kappa shape index (κ3) is 8.17. The van der Waals surface area contributed by atoms with Gasteiger partial charge >= 0.3 is 0 Å². The molecule has 2 saturated heterocycles. The third-order valence-electron chi connectivity index (χ3n) is 8.60. The van der Waals surface area contributed by atoms with E-state index >= 15 is 0 Å². The second-order valence-corrected chi connectivity index (χ2v) is 11.5. The molecule has 1 aliphatic carbocycles. The number of hydrogen-bond donors (Lipinski definition) is 14. The maximum atomic E-state index is 12.8. The van der Waals surface area contributed by atoms with Crippen LogP contribution in [-0.4, -0.2) is 166 Å². The van der Waals surface area contributed by atoms with Crippen molar-refractivity contribution in [2.24, 2.45) is 34.6 Å². The fraction of sp³-hybridized carbons (Fsp3) is 0.960. The van der Waals surface area contributed by atoms with E-state index in [2.05, 4.69) is 10.6 Å². The summed E-state index contributed by atoms with van der Waals surface area (Å²) in [6.45, 7) is -0.0737. The van der Waals surface area contributed by atoms with Crippen molar-refractivity contribution in [1.29, 1.82) is 0 Å². The van der Waals surface area contributed by atoms with Gasteiger partial charge in [-0.15, -0.1) is 0 Å². The summed E-state index contributed by atoms with van der Waals surface area (Å²) in [5, 5.41) is 80.1. The first-order valence-corrected chi connectivity index (χ1v) is 14.7. The van der Waals surface area contributed by atoms with Gasteiger partial charge in [-0.1, -0.05) is 0 Å². The second-order valence-electron chi connectivity index (χ2n) is 11.5. The van der Waals surface area contributed by atoms with Gasteiger partial charge in [-0.2, -0.15) is 0 Å². The van der Waals surface area contributed by atoms with E-state index in [1.165, 1.54) is 0 Å². The average Bonchev–Trinajstić information content (AvgIpc) is 2.98. The van der Waals surface area contributed by atoms with E-state index < -0.39 is 110 Å². The van der Waals surface area contributed by atoms with E-state index in [1.54, 1.807) is 0 Å². The zero-order chi connectivity index (χ0) is 32.0. The summed E-state index contributed by atoms with van der Waals surface area (Å²) in [4.78, 5) is 12.8. The number of carbonyl (C=O) groups is 1. The molecule has 0 aromatic heterocycles. The van der Waals surface area contributed by atoms with Gasteiger partial charge in [0.2, 0.25) is 5.91 Å². The van der Waals surface area contributed by atoms with Crippen molar-refractivity contribution in [3.63, 3.8) is 0 Å². The van der Waals surface area contributed by atoms with Gasteiger partial charge in [0.05, 0.1) is 43.0 Å². The van der Waals surface area contributed by atoms with Crippen LogP contribution in [-0.2, 0) is 19.0 Å². The SMILES string of the molecule is NCCCNC1C(O)C(O)C(CN)OC1C1C(N)CC(NC(=O)C(O)CCN)C(OC2OC(CO)C(O)C(N)C2O)C1O. The zero-order valence-corrected chi connectivity index (χ0v) is 24.0. The minimum atomic E-state index is -1.60. The number of nitrogens with two attached hydrogens (primary N) is 5. The highest BCUT2D eigenvalue weighted by Gasteiger charge is 2.56. The van der Waals surface area contributed by atoms with Crippen molar-refractivity contribution in [2.75, 3.05) is 32.8 Å². The fourth-order valence-electron chi connectivity index (χ4n) is 6.13. The Hall–Kier alpha value is -1.17. The zero-order valence-electron chi connectivity index (χ0n) is 24.0. The molecule has 252 valence electrons. The van der Waals surface area contributed by atoms with Crippen LogP contribution >= 0.6 is 0 Å². The lowest BCUT2D eigenvalue weighted by atomic mass is 9.71. The van der Waals surface area contributed by atoms with E-state index in [0.717, 1.165) is 0 Å². The van der Waals surface area contributed by atoms with Crippen molar-refractivity contribution >= 4 is 5.91 Å². The van der Waals surface area contributed by atoms with Gasteiger partial charge in [0, 0.05) is 18.5 Å². The van der Waals surface area contributed by atoms with Gasteiger partial charge in [-0.25, -0.2) is 0 Å². The Kier molecular flexibility index (Phi) is 13.9. The quantitative estimate of drug-likeness (QED) is 0.0844. The predicted octanol–water partition coefficient (Wildman–Crippen LogP) is -8.20. The largest absolute Gasteiger partial charge is 0.394 e. The molecule has 3 aliphatic rings. The van der Waals surface area contributed by atoms with Crippen molar-refractivity contribution in [1.82, 2.24) is 10.6 Å². The molecule has 1 amide bonds. The van der Waals surface area contributed by atoms with Gasteiger partial charge < -0.3 is 89.3 Å². The van der Waals surface area contributed by atoms with Crippen molar-refractivity contribution in [3.8, 4) is 0 Å². The van der Waals surface area contributed by atoms with Crippen LogP contribution in [0.4, 0.5) is 0 Å². The van der Waals surface area contributed by atoms with Crippen LogP contribution < -0.4 is 39.3 Å². The maximum Gasteiger partial charge on any atom is 0.249 e. The van der Waals surface area contributed by atoms with Crippen LogP contribution in [0.1, 0.15) is 19.3 Å². The number of amides is 1. The van der Waals surface area contributed by atoms with Crippen LogP contribution in [0.15, 0.2) is 0 Å². The van der Waals surface area contributed by atoms with Crippen molar-refractivity contribution in [2.45, 2.75) is 111 Å². The molecule has 0 spiro atoms. The number of nitrogens with one attached hydrogen (secondary N) is 2. The van der Waals surface area contributed by atoms with Crippen molar-refractivity contribution in [3.05, 3.63) is 0 Å². The van der Waals surface area contributed by atoms with E-state index in [-0.39, 0.29) is 25.9 Å². The Labute approximate surface area is 249 Å². The average molecular weight is 626 g/mol. The maximum absolute atomic E-state index is 12.8. The number of aliphatic hydroxyl groups is 7. The number of aliphatic hydroxyl groups excluding tert-OH is 7. The fourth-order valence-corrected chi connectivity index (χ4v) is 6.13. The number of rotatable bonds is 13. The standard InChI is InChI=1S/C25H51N7O11/c26-3-1-5-31-16-21(39)18(36)12(7-28)41-23(16)14-9(29)6-10(32-24(40)11(34)2-4-27)22(19(14)37)43-25-20(38)15(30)17(35)13(8-33)42-25/h9-23,25,31,33-39H,1-8,26-30H2,(H,32,40). The summed E-state index contributed by atoms with van der Waals surface area (Å²) in [6, 6.07) is -4.13. The molecule has 0 aromatic carbocycles. The molecule has 16 atom stereocenters. The van der Waals surface area contributed by atoms with Gasteiger partial charge in [0.25, 0.3) is 0 Å². The van der Waals surface area contributed by atoms with E-state index in [9.17, 15) is 40.5 Å². The summed E-state index contributed by atoms with van der Waals surface area (Å²) in [5.41, 5.74) is 29.4. The molecule has 0 radical (unpaired) electrons. The highest BCUT2D eigenvalue weighted by Crippen LogP contribution is 2.37. The molecule has 18 heteroatoms. The Bertz CT molecular complexity index is 866. The summed E-state index contributed by atoms with van der Waals surface area (Å²) >= 11 is 0. The monoisotopic (exact) mass is 625 g/mol. The second kappa shape index (κ2) is 16.4. The topological polar surface area (TPSA) is 341 Å². The van der Waals surface area contributed by atoms with E-state index in [0.29, 0.717) is 19.5 Å². The predicted molar refractivity (Wildman–Crippen MR) is 149 cm³/mol. The normalized spacial score (nSPS) is 44.6. The lowest BCUT2D eigenvalue weighted by molar-refractivity contribution is -0.307. The first kappa shape index (κ1) is 36.3. The van der Waals surface area contributed by atoms with E-state index in [1.807, 2.05) is 0 Å². The molecule has 2 heterocycles. The van der Waals surface area contributed by atoms with Crippen LogP contribution in [0.25, 0.3) is 0 Å². The third-order valence-corrected chi connectivity index (χ3v) is 8.60. The Morgan fingerprint density at radius 2 is 1.63 bits per heavy atom. The Balaban J connectivity index is 1.95. The first-order chi connectivity index (χ1) is 20.4. The van der Waals surface area contributed by atoms with Crippen LogP contribution in [0.3, 0.4) is 0 Å². The van der Waals surface area contributed by atoms with Crippen LogP contribution in [0.2, 0.25) is 0 Å². The minimum absolute atomic E-state index is 0.0301. The first-order valence-electron chi connectivity index (χ1n) is 14.7. The molecular weight excluding hydrogens is 574 g/mol. The molecule has 2 aliphatic heterocycles. The molecule has 0 bridgehead atoms. The number of ether oxygens (including phenoxy) is 3. The Morgan fingerprint density at radius 1 is 0.930 bits per heavy atom. The lowest BCUT2D eigenvalue weighted by Gasteiger charge is -2.53. The molecule has 19 N–H and O–H groups in total. The van der Waals surface area contributed by atoms with Crippen LogP contribution in [0, 0.1) is 5.92 Å². The minimum Gasteiger partial charge on any atom is -0.394 e.